The van der Waals surface area contributed by atoms with Crippen molar-refractivity contribution in [1.82, 2.24) is 25.8 Å². The van der Waals surface area contributed by atoms with E-state index in [0.717, 1.165) is 78.5 Å². The Morgan fingerprint density at radius 3 is 2.26 bits per heavy atom. The van der Waals surface area contributed by atoms with Gasteiger partial charge in [0.05, 0.1) is 0 Å². The zero-order valence-electron chi connectivity index (χ0n) is 24.1. The highest BCUT2D eigenvalue weighted by Crippen LogP contribution is 2.34. The van der Waals surface area contributed by atoms with Crippen LogP contribution in [0.3, 0.4) is 0 Å². The van der Waals surface area contributed by atoms with E-state index < -0.39 is 0 Å². The summed E-state index contributed by atoms with van der Waals surface area (Å²) >= 11 is 0. The quantitative estimate of drug-likeness (QED) is 0.318. The van der Waals surface area contributed by atoms with Gasteiger partial charge in [-0.15, -0.1) is 0 Å². The number of nitrogens with one attached hydrogen (secondary N) is 4. The highest BCUT2D eigenvalue weighted by atomic mass is 15.2. The van der Waals surface area contributed by atoms with Gasteiger partial charge < -0.3 is 26.2 Å². The van der Waals surface area contributed by atoms with E-state index in [2.05, 4.69) is 68.3 Å². The molecule has 0 unspecified atom stereocenters. The summed E-state index contributed by atoms with van der Waals surface area (Å²) in [7, 11) is 0. The summed E-state index contributed by atoms with van der Waals surface area (Å²) in [6.07, 6.45) is 10.6. The minimum absolute atomic E-state index is 0.986. The average Bonchev–Trinajstić information content (AvgIpc) is 2.93. The molecule has 6 nitrogen and oxygen atoms in total. The first-order valence-corrected chi connectivity index (χ1v) is 15.7. The van der Waals surface area contributed by atoms with Gasteiger partial charge in [-0.2, -0.15) is 0 Å². The number of anilines is 1. The molecule has 0 aromatic heterocycles. The molecule has 0 amide bonds. The lowest BCUT2D eigenvalue weighted by Crippen LogP contribution is -2.38. The monoisotopic (exact) mass is 522 g/mol. The zero-order valence-corrected chi connectivity index (χ0v) is 24.1. The molecule has 0 aliphatic carbocycles. The van der Waals surface area contributed by atoms with Gasteiger partial charge in [-0.3, -0.25) is 4.90 Å². The highest BCUT2D eigenvalue weighted by molar-refractivity contribution is 5.98. The standard InChI is InChI=1S/C32H54N6/c1-2-3-4-5-6-7-22-38-26-28-11-8-12-30-31(14-13-29(27-38)32(28)30)36-21-25-37-23-10-17-34-19-18-33-15-9-16-35-20-24-37/h8,11-14,33-36H,2-7,9-10,15-27H2,1H3. The van der Waals surface area contributed by atoms with E-state index in [4.69, 9.17) is 0 Å². The van der Waals surface area contributed by atoms with Crippen LogP contribution in [0.15, 0.2) is 30.3 Å². The van der Waals surface area contributed by atoms with Crippen LogP contribution in [0.1, 0.15) is 69.4 Å². The Kier molecular flexibility index (Phi) is 13.2. The van der Waals surface area contributed by atoms with Crippen LogP contribution in [0.4, 0.5) is 5.69 Å². The summed E-state index contributed by atoms with van der Waals surface area (Å²) in [5, 5.41) is 17.4. The van der Waals surface area contributed by atoms with E-state index in [0.29, 0.717) is 0 Å². The van der Waals surface area contributed by atoms with Crippen LogP contribution < -0.4 is 21.3 Å². The van der Waals surface area contributed by atoms with Gasteiger partial charge >= 0.3 is 0 Å². The van der Waals surface area contributed by atoms with Crippen LogP contribution in [0, 0.1) is 0 Å². The van der Waals surface area contributed by atoms with Crippen LogP contribution in [0.25, 0.3) is 10.8 Å². The maximum Gasteiger partial charge on any atom is 0.0420 e. The zero-order chi connectivity index (χ0) is 26.3. The molecule has 2 aliphatic heterocycles. The van der Waals surface area contributed by atoms with E-state index in [1.807, 2.05) is 0 Å². The van der Waals surface area contributed by atoms with Gasteiger partial charge in [-0.05, 0) is 74.6 Å². The molecule has 4 rings (SSSR count). The number of hydrogen-bond donors (Lipinski definition) is 4. The number of rotatable bonds is 11. The van der Waals surface area contributed by atoms with E-state index in [1.54, 1.807) is 0 Å². The van der Waals surface area contributed by atoms with Crippen LogP contribution >= 0.6 is 0 Å². The van der Waals surface area contributed by atoms with Crippen LogP contribution in [-0.2, 0) is 13.1 Å². The predicted molar refractivity (Wildman–Crippen MR) is 164 cm³/mol. The third kappa shape index (κ3) is 9.49. The predicted octanol–water partition coefficient (Wildman–Crippen LogP) is 4.79. The number of benzene rings is 2. The van der Waals surface area contributed by atoms with Gasteiger partial charge in [-0.1, -0.05) is 63.3 Å². The topological polar surface area (TPSA) is 54.6 Å². The minimum atomic E-state index is 0.986. The van der Waals surface area contributed by atoms with Crippen molar-refractivity contribution in [2.75, 3.05) is 77.3 Å². The molecule has 0 atom stereocenters. The van der Waals surface area contributed by atoms with Crippen LogP contribution in [0.2, 0.25) is 0 Å². The fourth-order valence-corrected chi connectivity index (χ4v) is 6.03. The Hall–Kier alpha value is -1.70. The lowest BCUT2D eigenvalue weighted by Gasteiger charge is -2.30. The number of hydrogen-bond acceptors (Lipinski definition) is 6. The fourth-order valence-electron chi connectivity index (χ4n) is 6.03. The van der Waals surface area contributed by atoms with E-state index in [1.165, 1.54) is 85.5 Å². The maximum atomic E-state index is 3.81. The SMILES string of the molecule is CCCCCCCCN1Cc2cccc3c(NCCN4CCCNCCNCCCNCC4)ccc(c23)C1. The second-order valence-corrected chi connectivity index (χ2v) is 11.3. The van der Waals surface area contributed by atoms with Gasteiger partial charge in [0.25, 0.3) is 0 Å². The van der Waals surface area contributed by atoms with Crippen molar-refractivity contribution in [2.24, 2.45) is 0 Å². The Morgan fingerprint density at radius 2 is 1.42 bits per heavy atom. The van der Waals surface area contributed by atoms with Crippen molar-refractivity contribution in [3.63, 3.8) is 0 Å². The van der Waals surface area contributed by atoms with Crippen LogP contribution in [0.5, 0.6) is 0 Å². The van der Waals surface area contributed by atoms with Gasteiger partial charge in [0.1, 0.15) is 0 Å². The Morgan fingerprint density at radius 1 is 0.684 bits per heavy atom. The molecule has 4 N–H and O–H groups in total. The van der Waals surface area contributed by atoms with Gasteiger partial charge in [0, 0.05) is 63.4 Å². The van der Waals surface area contributed by atoms with Crippen molar-refractivity contribution < 1.29 is 0 Å². The summed E-state index contributed by atoms with van der Waals surface area (Å²) in [4.78, 5) is 5.28. The molecule has 1 saturated heterocycles. The molecule has 0 radical (unpaired) electrons. The summed E-state index contributed by atoms with van der Waals surface area (Å²) in [6, 6.07) is 11.6. The summed E-state index contributed by atoms with van der Waals surface area (Å²) in [5.41, 5.74) is 4.30. The lowest BCUT2D eigenvalue weighted by molar-refractivity contribution is 0.246. The second-order valence-electron chi connectivity index (χ2n) is 11.3. The Balaban J connectivity index is 1.28. The molecule has 212 valence electrons. The summed E-state index contributed by atoms with van der Waals surface area (Å²) in [6.45, 7) is 16.6. The smallest absolute Gasteiger partial charge is 0.0420 e. The van der Waals surface area contributed by atoms with Crippen molar-refractivity contribution in [3.05, 3.63) is 41.5 Å². The van der Waals surface area contributed by atoms with Crippen molar-refractivity contribution in [3.8, 4) is 0 Å². The molecule has 38 heavy (non-hydrogen) atoms. The van der Waals surface area contributed by atoms with Crippen molar-refractivity contribution in [2.45, 2.75) is 71.4 Å². The first-order valence-electron chi connectivity index (χ1n) is 15.7. The fraction of sp³-hybridized carbons (Fsp3) is 0.688. The normalized spacial score (nSPS) is 18.9. The number of unbranched alkanes of at least 4 members (excludes halogenated alkanes) is 5. The molecule has 2 heterocycles. The minimum Gasteiger partial charge on any atom is -0.383 e. The number of nitrogens with zero attached hydrogens (tertiary/aromatic N) is 2. The first kappa shape index (κ1) is 29.3. The van der Waals surface area contributed by atoms with Gasteiger partial charge in [0.2, 0.25) is 0 Å². The largest absolute Gasteiger partial charge is 0.383 e. The van der Waals surface area contributed by atoms with Crippen molar-refractivity contribution >= 4 is 16.5 Å². The molecular weight excluding hydrogens is 468 g/mol. The molecular formula is C32H54N6. The molecule has 2 aromatic carbocycles. The highest BCUT2D eigenvalue weighted by Gasteiger charge is 2.19. The van der Waals surface area contributed by atoms with Crippen molar-refractivity contribution in [1.29, 1.82) is 0 Å². The third-order valence-corrected chi connectivity index (χ3v) is 8.19. The summed E-state index contributed by atoms with van der Waals surface area (Å²) < 4.78 is 0. The second kappa shape index (κ2) is 17.1. The summed E-state index contributed by atoms with van der Waals surface area (Å²) in [5.74, 6) is 0. The molecule has 0 spiro atoms. The molecule has 2 aromatic rings. The maximum absolute atomic E-state index is 3.81. The van der Waals surface area contributed by atoms with E-state index in [-0.39, 0.29) is 0 Å². The van der Waals surface area contributed by atoms with E-state index >= 15 is 0 Å². The first-order chi connectivity index (χ1) is 18.8. The molecule has 0 saturated carbocycles. The molecule has 2 aliphatic rings. The molecule has 0 bridgehead atoms. The Labute approximate surface area is 232 Å². The van der Waals surface area contributed by atoms with Crippen LogP contribution in [-0.4, -0.2) is 81.8 Å². The Bertz CT molecular complexity index is 905. The lowest BCUT2D eigenvalue weighted by atomic mass is 9.94. The van der Waals surface area contributed by atoms with Gasteiger partial charge in [-0.25, -0.2) is 0 Å². The van der Waals surface area contributed by atoms with Gasteiger partial charge in [0.15, 0.2) is 0 Å². The third-order valence-electron chi connectivity index (χ3n) is 8.19. The molecule has 1 fully saturated rings. The average molecular weight is 523 g/mol. The molecule has 6 heteroatoms. The van der Waals surface area contributed by atoms with E-state index in [9.17, 15) is 0 Å².